The second-order valence-corrected chi connectivity index (χ2v) is 8.65. The first-order valence-electron chi connectivity index (χ1n) is 8.36. The lowest BCUT2D eigenvalue weighted by atomic mass is 9.93. The maximum atomic E-state index is 12.0. The smallest absolute Gasteiger partial charge is 0.160 e. The minimum Gasteiger partial charge on any atom is -0.295 e. The van der Waals surface area contributed by atoms with E-state index in [2.05, 4.69) is 64.2 Å². The van der Waals surface area contributed by atoms with Gasteiger partial charge in [0.2, 0.25) is 0 Å². The van der Waals surface area contributed by atoms with Gasteiger partial charge in [-0.2, -0.15) is 0 Å². The van der Waals surface area contributed by atoms with Gasteiger partial charge in [-0.1, -0.05) is 6.92 Å². The molecule has 0 atom stereocenters. The molecule has 0 N–H and O–H groups in total. The van der Waals surface area contributed by atoms with E-state index in [1.54, 1.807) is 13.8 Å². The summed E-state index contributed by atoms with van der Waals surface area (Å²) in [6, 6.07) is 8.27. The fraction of sp³-hybridized carbons (Fsp3) is 0.333. The molecule has 2 aromatic rings. The van der Waals surface area contributed by atoms with Gasteiger partial charge in [-0.25, -0.2) is 0 Å². The predicted octanol–water partition coefficient (Wildman–Crippen LogP) is 5.96. The average Bonchev–Trinajstić information content (AvgIpc) is 2.55. The van der Waals surface area contributed by atoms with Crippen molar-refractivity contribution in [1.29, 1.82) is 0 Å². The van der Waals surface area contributed by atoms with Crippen LogP contribution >= 0.6 is 45.2 Å². The van der Waals surface area contributed by atoms with Crippen molar-refractivity contribution in [2.24, 2.45) is 0 Å². The SMILES string of the molecule is CCc1cc(I)c(CCc2cc(I)c(C)cc2C(C)=O)cc1C(C)=O. The van der Waals surface area contributed by atoms with Crippen molar-refractivity contribution in [1.82, 2.24) is 0 Å². The molecular weight excluding hydrogens is 538 g/mol. The Morgan fingerprint density at radius 1 is 0.800 bits per heavy atom. The number of carbonyl (C=O) groups excluding carboxylic acids is 2. The second-order valence-electron chi connectivity index (χ2n) is 6.33. The van der Waals surface area contributed by atoms with Crippen LogP contribution in [0, 0.1) is 14.1 Å². The van der Waals surface area contributed by atoms with E-state index in [0.29, 0.717) is 0 Å². The molecular formula is C21H22I2O2. The van der Waals surface area contributed by atoms with E-state index in [9.17, 15) is 9.59 Å². The Labute approximate surface area is 177 Å². The predicted molar refractivity (Wildman–Crippen MR) is 120 cm³/mol. The lowest BCUT2D eigenvalue weighted by molar-refractivity contribution is 0.100. The van der Waals surface area contributed by atoms with Gasteiger partial charge in [0.25, 0.3) is 0 Å². The minimum atomic E-state index is 0.106. The summed E-state index contributed by atoms with van der Waals surface area (Å²) in [6.07, 6.45) is 2.47. The van der Waals surface area contributed by atoms with Crippen molar-refractivity contribution in [3.05, 3.63) is 64.8 Å². The van der Waals surface area contributed by atoms with Gasteiger partial charge in [0.1, 0.15) is 0 Å². The van der Waals surface area contributed by atoms with Crippen LogP contribution in [0.1, 0.15) is 63.7 Å². The normalized spacial score (nSPS) is 10.8. The lowest BCUT2D eigenvalue weighted by Gasteiger charge is -2.13. The maximum Gasteiger partial charge on any atom is 0.160 e. The van der Waals surface area contributed by atoms with Crippen LogP contribution in [0.3, 0.4) is 0 Å². The van der Waals surface area contributed by atoms with Crippen molar-refractivity contribution in [2.75, 3.05) is 0 Å². The van der Waals surface area contributed by atoms with Gasteiger partial charge in [0, 0.05) is 18.3 Å². The number of hydrogen-bond donors (Lipinski definition) is 0. The Hall–Kier alpha value is -0.760. The van der Waals surface area contributed by atoms with Crippen molar-refractivity contribution in [2.45, 2.75) is 47.0 Å². The summed E-state index contributed by atoms with van der Waals surface area (Å²) in [7, 11) is 0. The van der Waals surface area contributed by atoms with Crippen molar-refractivity contribution in [3.8, 4) is 0 Å². The summed E-state index contributed by atoms with van der Waals surface area (Å²) in [4.78, 5) is 23.9. The zero-order valence-corrected chi connectivity index (χ0v) is 19.3. The maximum absolute atomic E-state index is 12.0. The molecule has 4 heteroatoms. The van der Waals surface area contributed by atoms with Crippen LogP contribution < -0.4 is 0 Å². The average molecular weight is 560 g/mol. The Morgan fingerprint density at radius 2 is 1.32 bits per heavy atom. The van der Waals surface area contributed by atoms with Gasteiger partial charge in [0.05, 0.1) is 0 Å². The lowest BCUT2D eigenvalue weighted by Crippen LogP contribution is -2.06. The topological polar surface area (TPSA) is 34.1 Å². The van der Waals surface area contributed by atoms with E-state index >= 15 is 0 Å². The highest BCUT2D eigenvalue weighted by Crippen LogP contribution is 2.24. The van der Waals surface area contributed by atoms with E-state index in [1.165, 1.54) is 12.7 Å². The zero-order chi connectivity index (χ0) is 18.7. The fourth-order valence-corrected chi connectivity index (χ4v) is 4.33. The van der Waals surface area contributed by atoms with Crippen molar-refractivity contribution in [3.63, 3.8) is 0 Å². The van der Waals surface area contributed by atoms with Gasteiger partial charge in [0.15, 0.2) is 11.6 Å². The molecule has 0 bridgehead atoms. The Bertz CT molecular complexity index is 838. The third-order valence-electron chi connectivity index (χ3n) is 4.46. The standard InChI is InChI=1S/C21H22I2O2/c1-5-15-10-21(23)17(9-19(15)14(4)25)7-6-16-11-20(22)12(2)8-18(16)13(3)24/h8-11H,5-7H2,1-4H3. The highest BCUT2D eigenvalue weighted by Gasteiger charge is 2.14. The minimum absolute atomic E-state index is 0.106. The number of rotatable bonds is 6. The number of ketones is 2. The van der Waals surface area contributed by atoms with Gasteiger partial charge in [-0.05, 0) is 132 Å². The molecule has 0 aliphatic rings. The molecule has 0 saturated heterocycles. The summed E-state index contributed by atoms with van der Waals surface area (Å²) < 4.78 is 2.36. The number of hydrogen-bond acceptors (Lipinski definition) is 2. The number of carbonyl (C=O) groups is 2. The number of halogens is 2. The molecule has 132 valence electrons. The third kappa shape index (κ3) is 4.90. The van der Waals surface area contributed by atoms with E-state index in [1.807, 2.05) is 19.1 Å². The molecule has 25 heavy (non-hydrogen) atoms. The van der Waals surface area contributed by atoms with Crippen molar-refractivity contribution < 1.29 is 9.59 Å². The number of aryl methyl sites for hydroxylation is 4. The van der Waals surface area contributed by atoms with Crippen LogP contribution in [0.5, 0.6) is 0 Å². The first kappa shape index (κ1) is 20.6. The molecule has 0 aliphatic carbocycles. The highest BCUT2D eigenvalue weighted by molar-refractivity contribution is 14.1. The summed E-state index contributed by atoms with van der Waals surface area (Å²) >= 11 is 4.66. The van der Waals surface area contributed by atoms with Crippen LogP contribution in [-0.2, 0) is 19.3 Å². The molecule has 2 nitrogen and oxygen atoms in total. The Balaban J connectivity index is 2.36. The highest BCUT2D eigenvalue weighted by atomic mass is 127. The molecule has 2 rings (SSSR count). The quantitative estimate of drug-likeness (QED) is 0.323. The van der Waals surface area contributed by atoms with Gasteiger partial charge in [-0.15, -0.1) is 0 Å². The first-order valence-corrected chi connectivity index (χ1v) is 10.5. The molecule has 0 heterocycles. The van der Waals surface area contributed by atoms with Crippen LogP contribution in [0.25, 0.3) is 0 Å². The van der Waals surface area contributed by atoms with E-state index in [0.717, 1.165) is 47.1 Å². The third-order valence-corrected chi connectivity index (χ3v) is 6.63. The van der Waals surface area contributed by atoms with Crippen LogP contribution in [0.4, 0.5) is 0 Å². The molecule has 0 unspecified atom stereocenters. The van der Waals surface area contributed by atoms with Crippen LogP contribution in [-0.4, -0.2) is 11.6 Å². The van der Waals surface area contributed by atoms with Gasteiger partial charge >= 0.3 is 0 Å². The number of benzene rings is 2. The summed E-state index contributed by atoms with van der Waals surface area (Å²) in [5, 5.41) is 0. The second kappa shape index (κ2) is 8.75. The summed E-state index contributed by atoms with van der Waals surface area (Å²) in [5.74, 6) is 0.221. The molecule has 0 amide bonds. The molecule has 0 aromatic heterocycles. The first-order chi connectivity index (χ1) is 11.7. The monoisotopic (exact) mass is 560 g/mol. The van der Waals surface area contributed by atoms with E-state index in [-0.39, 0.29) is 11.6 Å². The summed E-state index contributed by atoms with van der Waals surface area (Å²) in [5.41, 5.74) is 6.13. The van der Waals surface area contributed by atoms with Gasteiger partial charge < -0.3 is 0 Å². The Kier molecular flexibility index (Phi) is 7.19. The molecule has 0 saturated carbocycles. The Morgan fingerprint density at radius 3 is 1.88 bits per heavy atom. The fourth-order valence-electron chi connectivity index (χ4n) is 3.00. The molecule has 0 aliphatic heterocycles. The summed E-state index contributed by atoms with van der Waals surface area (Å²) in [6.45, 7) is 7.36. The molecule has 2 aromatic carbocycles. The van der Waals surface area contributed by atoms with Gasteiger partial charge in [-0.3, -0.25) is 9.59 Å². The molecule has 0 fully saturated rings. The van der Waals surface area contributed by atoms with E-state index < -0.39 is 0 Å². The van der Waals surface area contributed by atoms with Crippen molar-refractivity contribution >= 4 is 56.7 Å². The number of Topliss-reactive ketones (excluding diaryl/α,β-unsaturated/α-hetero) is 2. The molecule has 0 radical (unpaired) electrons. The largest absolute Gasteiger partial charge is 0.295 e. The van der Waals surface area contributed by atoms with Crippen LogP contribution in [0.15, 0.2) is 24.3 Å². The zero-order valence-electron chi connectivity index (χ0n) is 15.0. The van der Waals surface area contributed by atoms with E-state index in [4.69, 9.17) is 0 Å². The van der Waals surface area contributed by atoms with Crippen LogP contribution in [0.2, 0.25) is 0 Å². The molecule has 0 spiro atoms.